The van der Waals surface area contributed by atoms with Crippen LogP contribution in [0.15, 0.2) is 23.1 Å². The first-order chi connectivity index (χ1) is 6.88. The van der Waals surface area contributed by atoms with Crippen molar-refractivity contribution in [2.75, 3.05) is 19.0 Å². The van der Waals surface area contributed by atoms with Crippen LogP contribution in [0, 0.1) is 0 Å². The van der Waals surface area contributed by atoms with Crippen LogP contribution < -0.4 is 4.90 Å². The van der Waals surface area contributed by atoms with Crippen molar-refractivity contribution in [2.45, 2.75) is 11.1 Å². The lowest BCUT2D eigenvalue weighted by molar-refractivity contribution is -0.139. The normalized spacial score (nSPS) is 11.3. The van der Waals surface area contributed by atoms with Crippen LogP contribution >= 0.6 is 0 Å². The lowest BCUT2D eigenvalue weighted by Gasteiger charge is -2.17. The molecule has 0 saturated carbocycles. The molecule has 0 atom stereocenters. The van der Waals surface area contributed by atoms with Crippen molar-refractivity contribution < 1.29 is 17.4 Å². The molecule has 0 N–H and O–H groups in total. The maximum Gasteiger partial charge on any atom is 0.505 e. The Labute approximate surface area is 89.2 Å². The summed E-state index contributed by atoms with van der Waals surface area (Å²) in [7, 11) is 3.01. The summed E-state index contributed by atoms with van der Waals surface area (Å²) in [6.07, 6.45) is -4.51. The van der Waals surface area contributed by atoms with Gasteiger partial charge in [-0.25, -0.2) is 0 Å². The molecule has 0 aliphatic carbocycles. The molecule has 2 nitrogen and oxygen atoms in total. The van der Waals surface area contributed by atoms with Crippen LogP contribution in [-0.2, 0) is 22.1 Å². The Morgan fingerprint density at radius 2 is 1.87 bits per heavy atom. The zero-order valence-corrected chi connectivity index (χ0v) is 8.95. The molecule has 15 heavy (non-hydrogen) atoms. The lowest BCUT2D eigenvalue weighted by Crippen LogP contribution is -2.17. The van der Waals surface area contributed by atoms with Crippen molar-refractivity contribution in [1.29, 1.82) is 0 Å². The summed E-state index contributed by atoms with van der Waals surface area (Å²) in [5, 5.41) is 0. The number of hydrogen-bond donors (Lipinski definition) is 0. The van der Waals surface area contributed by atoms with Crippen LogP contribution in [0.2, 0.25) is 0 Å². The fraction of sp³-hybridized carbons (Fsp3) is 0.333. The predicted molar refractivity (Wildman–Crippen MR) is 52.1 cm³/mol. The van der Waals surface area contributed by atoms with E-state index < -0.39 is 11.7 Å². The molecule has 0 aliphatic rings. The number of benzene rings is 1. The number of alkyl halides is 3. The Morgan fingerprint density at radius 3 is 2.27 bits per heavy atom. The minimum atomic E-state index is -4.51. The average molecular weight is 236 g/mol. The molecule has 6 heteroatoms. The van der Waals surface area contributed by atoms with E-state index in [0.29, 0.717) is 0 Å². The van der Waals surface area contributed by atoms with Crippen molar-refractivity contribution in [3.8, 4) is 0 Å². The highest BCUT2D eigenvalue weighted by Gasteiger charge is 2.41. The zero-order valence-electron chi connectivity index (χ0n) is 8.13. The zero-order chi connectivity index (χ0) is 11.6. The molecular weight excluding hydrogens is 227 g/mol. The molecule has 0 fully saturated rings. The lowest BCUT2D eigenvalue weighted by atomic mass is 10.1. The summed E-state index contributed by atoms with van der Waals surface area (Å²) < 4.78 is 48.6. The maximum atomic E-state index is 12.7. The van der Waals surface area contributed by atoms with Crippen molar-refractivity contribution in [3.05, 3.63) is 23.8 Å². The summed E-state index contributed by atoms with van der Waals surface area (Å²) in [6, 6.07) is 3.95. The van der Waals surface area contributed by atoms with Crippen LogP contribution in [0.5, 0.6) is 0 Å². The Kier molecular flexibility index (Phi) is 3.28. The van der Waals surface area contributed by atoms with Gasteiger partial charge in [0.25, 0.3) is 0 Å². The Bertz CT molecular complexity index is 376. The predicted octanol–water partition coefficient (Wildman–Crippen LogP) is 2.56. The smallest absolute Gasteiger partial charge is 0.377 e. The molecule has 0 spiro atoms. The van der Waals surface area contributed by atoms with Crippen molar-refractivity contribution >= 4 is 17.4 Å². The number of anilines is 1. The third-order valence-corrected chi connectivity index (χ3v) is 2.38. The van der Waals surface area contributed by atoms with Gasteiger partial charge in [0.15, 0.2) is 0 Å². The second-order valence-corrected chi connectivity index (χ2v) is 3.73. The van der Waals surface area contributed by atoms with E-state index in [9.17, 15) is 17.4 Å². The topological polar surface area (TPSA) is 20.3 Å². The third kappa shape index (κ3) is 2.44. The highest BCUT2D eigenvalue weighted by molar-refractivity contribution is 7.65. The standard InChI is InChI=1S/C9H9F3NOS/c1-13(2)6-4-3-5-7(15-14)8(6)9(10,11)12/h3-5H,1-2H3/q+1. The van der Waals surface area contributed by atoms with E-state index in [4.69, 9.17) is 0 Å². The maximum absolute atomic E-state index is 12.7. The van der Waals surface area contributed by atoms with E-state index >= 15 is 0 Å². The molecule has 1 rings (SSSR count). The van der Waals surface area contributed by atoms with Gasteiger partial charge in [0.2, 0.25) is 0 Å². The highest BCUT2D eigenvalue weighted by Crippen LogP contribution is 2.38. The van der Waals surface area contributed by atoms with E-state index in [1.807, 2.05) is 0 Å². The van der Waals surface area contributed by atoms with Gasteiger partial charge in [-0.1, -0.05) is 6.07 Å². The van der Waals surface area contributed by atoms with Crippen LogP contribution in [0.3, 0.4) is 0 Å². The molecule has 0 heterocycles. The first-order valence-corrected chi connectivity index (χ1v) is 4.79. The van der Waals surface area contributed by atoms with Gasteiger partial charge in [0.05, 0.1) is 5.69 Å². The average Bonchev–Trinajstić information content (AvgIpc) is 2.15. The minimum Gasteiger partial charge on any atom is -0.377 e. The van der Waals surface area contributed by atoms with Crippen molar-refractivity contribution in [2.24, 2.45) is 0 Å². The molecule has 0 bridgehead atoms. The molecule has 0 amide bonds. The van der Waals surface area contributed by atoms with Gasteiger partial charge in [-0.3, -0.25) is 0 Å². The van der Waals surface area contributed by atoms with E-state index in [1.165, 1.54) is 37.2 Å². The first-order valence-electron chi connectivity index (χ1n) is 4.05. The second-order valence-electron chi connectivity index (χ2n) is 3.13. The summed E-state index contributed by atoms with van der Waals surface area (Å²) in [5.41, 5.74) is -0.863. The molecule has 1 aromatic carbocycles. The molecule has 0 radical (unpaired) electrons. The van der Waals surface area contributed by atoms with E-state index in [1.54, 1.807) is 0 Å². The van der Waals surface area contributed by atoms with Crippen LogP contribution in [0.1, 0.15) is 5.56 Å². The summed E-state index contributed by atoms with van der Waals surface area (Å²) in [5.74, 6) is 0. The van der Waals surface area contributed by atoms with Crippen LogP contribution in [0.25, 0.3) is 0 Å². The number of hydrogen-bond acceptors (Lipinski definition) is 2. The summed E-state index contributed by atoms with van der Waals surface area (Å²) in [6.45, 7) is 0. The molecule has 0 unspecified atom stereocenters. The monoisotopic (exact) mass is 236 g/mol. The van der Waals surface area contributed by atoms with Gasteiger partial charge in [0, 0.05) is 24.4 Å². The molecular formula is C9H9F3NOS+. The van der Waals surface area contributed by atoms with Crippen molar-refractivity contribution in [1.82, 2.24) is 0 Å². The van der Waals surface area contributed by atoms with E-state index in [2.05, 4.69) is 0 Å². The van der Waals surface area contributed by atoms with Crippen LogP contribution in [-0.4, -0.2) is 14.1 Å². The Morgan fingerprint density at radius 1 is 1.27 bits per heavy atom. The molecule has 82 valence electrons. The van der Waals surface area contributed by atoms with E-state index in [0.717, 1.165) is 0 Å². The molecule has 1 aromatic rings. The van der Waals surface area contributed by atoms with Gasteiger partial charge < -0.3 is 4.90 Å². The number of halogens is 3. The van der Waals surface area contributed by atoms with E-state index in [-0.39, 0.29) is 22.2 Å². The third-order valence-electron chi connectivity index (χ3n) is 1.86. The van der Waals surface area contributed by atoms with Gasteiger partial charge >= 0.3 is 22.7 Å². The van der Waals surface area contributed by atoms with Gasteiger partial charge in [-0.15, -0.1) is 0 Å². The fourth-order valence-corrected chi connectivity index (χ4v) is 1.68. The molecule has 0 aliphatic heterocycles. The Hall–Kier alpha value is -1.17. The summed E-state index contributed by atoms with van der Waals surface area (Å²) in [4.78, 5) is 1.04. The first kappa shape index (κ1) is 11.9. The SMILES string of the molecule is CN(C)c1cccc([S+]=O)c1C(F)(F)F. The van der Waals surface area contributed by atoms with Crippen molar-refractivity contribution in [3.63, 3.8) is 0 Å². The highest BCUT2D eigenvalue weighted by atomic mass is 32.1. The number of rotatable bonds is 2. The fourth-order valence-electron chi connectivity index (χ4n) is 1.25. The quantitative estimate of drug-likeness (QED) is 0.735. The molecule has 0 saturated heterocycles. The largest absolute Gasteiger partial charge is 0.505 e. The van der Waals surface area contributed by atoms with Gasteiger partial charge in [-0.2, -0.15) is 13.2 Å². The minimum absolute atomic E-state index is 0.00310. The summed E-state index contributed by atoms with van der Waals surface area (Å²) >= 11 is -0.143. The molecule has 0 aromatic heterocycles. The number of nitrogens with zero attached hydrogens (tertiary/aromatic N) is 1. The van der Waals surface area contributed by atoms with Gasteiger partial charge in [-0.05, 0) is 6.07 Å². The van der Waals surface area contributed by atoms with Gasteiger partial charge in [0.1, 0.15) is 5.56 Å². The van der Waals surface area contributed by atoms with Crippen LogP contribution in [0.4, 0.5) is 18.9 Å². The second kappa shape index (κ2) is 4.14. The Balaban J connectivity index is 3.47.